The lowest BCUT2D eigenvalue weighted by atomic mass is 9.56. The number of pyridine rings is 1. The van der Waals surface area contributed by atoms with Crippen LogP contribution in [0.25, 0.3) is 0 Å². The predicted octanol–water partition coefficient (Wildman–Crippen LogP) is 9.18. The quantitative estimate of drug-likeness (QED) is 0.0427. The molecule has 0 saturated heterocycles. The van der Waals surface area contributed by atoms with E-state index in [1.165, 1.54) is 5.56 Å². The first-order valence-corrected chi connectivity index (χ1v) is 22.3. The van der Waals surface area contributed by atoms with Gasteiger partial charge in [-0.3, -0.25) is 4.98 Å². The van der Waals surface area contributed by atoms with E-state index in [4.69, 9.17) is 24.2 Å². The molecule has 4 aromatic rings. The third-order valence-electron chi connectivity index (χ3n) is 11.8. The van der Waals surface area contributed by atoms with Crippen molar-refractivity contribution < 1.29 is 34.1 Å². The Morgan fingerprint density at radius 1 is 0.933 bits per heavy atom. The fourth-order valence-electron chi connectivity index (χ4n) is 9.08. The van der Waals surface area contributed by atoms with Gasteiger partial charge in [-0.1, -0.05) is 90.8 Å². The maximum Gasteiger partial charge on any atom is 0.412 e. The Labute approximate surface area is 358 Å². The maximum atomic E-state index is 13.2. The lowest BCUT2D eigenvalue weighted by Crippen LogP contribution is -2.64. The molecule has 10 nitrogen and oxygen atoms in total. The Morgan fingerprint density at radius 3 is 2.40 bits per heavy atom. The summed E-state index contributed by atoms with van der Waals surface area (Å²) in [6.07, 6.45) is 13.5. The first kappa shape index (κ1) is 43.2. The standard InChI is InChI=1S/C49H57N3O7S/c1-2-28-56-49-45(60-29-23-35-21-24-50-25-22-35)32-43(52-57-34-37-15-7-4-8-16-37)41-30-38(17-9-11-26-53)40(18-10-12-27-54)46(47(41)49)42-31-39(19-20-44(42)59-49)58-48(55)51-33-36-13-5-3-6-14-36/h2-8,13-16,19-22,24-25,30-31,38,40,45-47,53-54H,1,9-12,17-18,23,26-29,32-34H2,(H,51,55). The third-order valence-corrected chi connectivity index (χ3v) is 13.2. The van der Waals surface area contributed by atoms with Crippen LogP contribution in [0.4, 0.5) is 4.79 Å². The summed E-state index contributed by atoms with van der Waals surface area (Å²) in [5, 5.41) is 27.5. The molecule has 0 bridgehead atoms. The highest BCUT2D eigenvalue weighted by molar-refractivity contribution is 8.00. The number of carbonyl (C=O) groups is 1. The van der Waals surface area contributed by atoms with E-state index in [0.717, 1.165) is 65.8 Å². The van der Waals surface area contributed by atoms with Crippen molar-refractivity contribution in [3.63, 3.8) is 0 Å². The van der Waals surface area contributed by atoms with E-state index in [1.807, 2.05) is 97.0 Å². The highest BCUT2D eigenvalue weighted by Gasteiger charge is 2.64. The minimum absolute atomic E-state index is 0.116. The largest absolute Gasteiger partial charge is 0.460 e. The molecular weight excluding hydrogens is 775 g/mol. The maximum absolute atomic E-state index is 13.2. The number of amides is 1. The molecule has 1 fully saturated rings. The second kappa shape index (κ2) is 21.5. The molecule has 3 aliphatic rings. The number of aromatic nitrogens is 1. The summed E-state index contributed by atoms with van der Waals surface area (Å²) in [5.41, 5.74) is 6.08. The number of oxime groups is 1. The normalized spacial score (nSPS) is 23.4. The Hall–Kier alpha value is -4.94. The second-order valence-corrected chi connectivity index (χ2v) is 17.0. The van der Waals surface area contributed by atoms with Crippen molar-refractivity contribution in [1.29, 1.82) is 0 Å². The highest BCUT2D eigenvalue weighted by atomic mass is 32.2. The van der Waals surface area contributed by atoms with Crippen LogP contribution in [0.2, 0.25) is 0 Å². The van der Waals surface area contributed by atoms with Gasteiger partial charge in [0.2, 0.25) is 5.79 Å². The molecule has 316 valence electrons. The molecule has 0 radical (unpaired) electrons. The summed E-state index contributed by atoms with van der Waals surface area (Å²) in [4.78, 5) is 23.6. The number of carbonyl (C=O) groups excluding carboxylic acids is 1. The Bertz CT molecular complexity index is 2050. The van der Waals surface area contributed by atoms with Crippen LogP contribution in [-0.2, 0) is 29.1 Å². The van der Waals surface area contributed by atoms with Crippen molar-refractivity contribution in [3.05, 3.63) is 150 Å². The molecule has 1 amide bonds. The average Bonchev–Trinajstić information content (AvgIpc) is 3.28. The van der Waals surface area contributed by atoms with Crippen molar-refractivity contribution >= 4 is 23.6 Å². The second-order valence-electron chi connectivity index (χ2n) is 15.7. The van der Waals surface area contributed by atoms with Crippen LogP contribution >= 0.6 is 11.8 Å². The van der Waals surface area contributed by atoms with E-state index < -0.39 is 11.9 Å². The van der Waals surface area contributed by atoms with Gasteiger partial charge in [0.1, 0.15) is 18.1 Å². The molecule has 3 N–H and O–H groups in total. The van der Waals surface area contributed by atoms with Crippen LogP contribution in [0.15, 0.2) is 133 Å². The Balaban J connectivity index is 1.32. The average molecular weight is 832 g/mol. The first-order valence-electron chi connectivity index (χ1n) is 21.3. The lowest BCUT2D eigenvalue weighted by molar-refractivity contribution is -0.223. The van der Waals surface area contributed by atoms with Gasteiger partial charge in [0.25, 0.3) is 0 Å². The molecule has 60 heavy (non-hydrogen) atoms. The number of ether oxygens (including phenoxy) is 3. The van der Waals surface area contributed by atoms with Gasteiger partial charge in [-0.05, 0) is 102 Å². The van der Waals surface area contributed by atoms with Gasteiger partial charge >= 0.3 is 6.09 Å². The molecule has 6 atom stereocenters. The molecule has 2 aliphatic carbocycles. The van der Waals surface area contributed by atoms with Crippen LogP contribution in [-0.4, -0.2) is 63.6 Å². The number of nitrogens with zero attached hydrogens (tertiary/aromatic N) is 2. The fourth-order valence-corrected chi connectivity index (χ4v) is 10.5. The van der Waals surface area contributed by atoms with Crippen molar-refractivity contribution in [2.45, 2.75) is 81.5 Å². The summed E-state index contributed by atoms with van der Waals surface area (Å²) >= 11 is 1.82. The zero-order chi connectivity index (χ0) is 41.6. The van der Waals surface area contributed by atoms with Crippen LogP contribution in [0.3, 0.4) is 0 Å². The van der Waals surface area contributed by atoms with E-state index in [1.54, 1.807) is 12.1 Å². The number of benzene rings is 3. The minimum Gasteiger partial charge on any atom is -0.460 e. The van der Waals surface area contributed by atoms with Crippen molar-refractivity contribution in [2.75, 3.05) is 25.6 Å². The summed E-state index contributed by atoms with van der Waals surface area (Å²) in [6.45, 7) is 5.25. The van der Waals surface area contributed by atoms with E-state index in [0.29, 0.717) is 43.9 Å². The molecule has 6 unspecified atom stereocenters. The molecular formula is C49H57N3O7S. The van der Waals surface area contributed by atoms with E-state index in [2.05, 4.69) is 35.1 Å². The SMILES string of the molecule is C=CCOC12Oc3ccc(OC(=O)NCc4ccccc4)cc3C3C(CCCCO)C(CCCCO)C=C(C(=NOCc4ccccc4)CC1SCCc1ccncc1)C32. The monoisotopic (exact) mass is 831 g/mol. The molecule has 11 heteroatoms. The molecule has 2 heterocycles. The summed E-state index contributed by atoms with van der Waals surface area (Å²) in [6, 6.07) is 29.6. The number of hydrogen-bond acceptors (Lipinski definition) is 10. The van der Waals surface area contributed by atoms with Crippen molar-refractivity contribution in [1.82, 2.24) is 10.3 Å². The summed E-state index contributed by atoms with van der Waals surface area (Å²) < 4.78 is 20.3. The number of aryl methyl sites for hydroxylation is 1. The van der Waals surface area contributed by atoms with Crippen LogP contribution in [0, 0.1) is 17.8 Å². The smallest absolute Gasteiger partial charge is 0.412 e. The van der Waals surface area contributed by atoms with Crippen LogP contribution in [0.5, 0.6) is 11.5 Å². The number of aliphatic hydroxyl groups excluding tert-OH is 2. The van der Waals surface area contributed by atoms with E-state index >= 15 is 0 Å². The number of hydrogen-bond donors (Lipinski definition) is 3. The molecule has 7 rings (SSSR count). The van der Waals surface area contributed by atoms with Crippen molar-refractivity contribution in [3.8, 4) is 11.5 Å². The lowest BCUT2D eigenvalue weighted by Gasteiger charge is -2.58. The van der Waals surface area contributed by atoms with E-state index in [9.17, 15) is 15.0 Å². The minimum atomic E-state index is -1.10. The van der Waals surface area contributed by atoms with Gasteiger partial charge in [-0.15, -0.1) is 6.58 Å². The number of rotatable bonds is 21. The van der Waals surface area contributed by atoms with Gasteiger partial charge in [-0.2, -0.15) is 11.8 Å². The van der Waals surface area contributed by atoms with Gasteiger partial charge in [0, 0.05) is 50.1 Å². The zero-order valence-electron chi connectivity index (χ0n) is 34.2. The number of thioether (sulfide) groups is 1. The zero-order valence-corrected chi connectivity index (χ0v) is 35.0. The predicted molar refractivity (Wildman–Crippen MR) is 236 cm³/mol. The van der Waals surface area contributed by atoms with Crippen molar-refractivity contribution in [2.24, 2.45) is 22.9 Å². The number of unbranched alkanes of at least 4 members (excludes halogenated alkanes) is 2. The summed E-state index contributed by atoms with van der Waals surface area (Å²) in [7, 11) is 0. The molecule has 1 aliphatic heterocycles. The summed E-state index contributed by atoms with van der Waals surface area (Å²) in [5.74, 6) is 0.648. The Kier molecular flexibility index (Phi) is 15.5. The van der Waals surface area contributed by atoms with Gasteiger partial charge in [0.15, 0.2) is 0 Å². The molecule has 1 saturated carbocycles. The third kappa shape index (κ3) is 10.5. The van der Waals surface area contributed by atoms with Gasteiger partial charge in [0.05, 0.1) is 23.5 Å². The number of aliphatic hydroxyl groups is 2. The molecule has 1 aromatic heterocycles. The fraction of sp³-hybridized carbons (Fsp3) is 0.408. The van der Waals surface area contributed by atoms with Gasteiger partial charge in [-0.25, -0.2) is 4.79 Å². The highest BCUT2D eigenvalue weighted by Crippen LogP contribution is 2.62. The first-order chi connectivity index (χ1) is 29.5. The molecule has 3 aromatic carbocycles. The Morgan fingerprint density at radius 2 is 1.67 bits per heavy atom. The number of nitrogens with one attached hydrogen (secondary N) is 1. The van der Waals surface area contributed by atoms with Crippen LogP contribution in [0.1, 0.15) is 73.1 Å². The van der Waals surface area contributed by atoms with E-state index in [-0.39, 0.29) is 48.7 Å². The van der Waals surface area contributed by atoms with Crippen LogP contribution < -0.4 is 14.8 Å². The topological polar surface area (TPSA) is 132 Å². The molecule has 0 spiro atoms. The van der Waals surface area contributed by atoms with Gasteiger partial charge < -0.3 is 34.6 Å². The number of fused-ring (bicyclic) bond motifs is 2. The number of allylic oxidation sites excluding steroid dienone is 1.